The van der Waals surface area contributed by atoms with Crippen molar-refractivity contribution in [2.24, 2.45) is 0 Å². The lowest BCUT2D eigenvalue weighted by Crippen LogP contribution is -2.05. The molecule has 0 aliphatic carbocycles. The Hall–Kier alpha value is -13.5. The first-order valence-electron chi connectivity index (χ1n) is 27.1. The van der Waals surface area contributed by atoms with Crippen molar-refractivity contribution in [3.63, 3.8) is 0 Å². The van der Waals surface area contributed by atoms with Crippen molar-refractivity contribution < 1.29 is 62.5 Å². The summed E-state index contributed by atoms with van der Waals surface area (Å²) in [5.74, 6) is 0. The highest BCUT2D eigenvalue weighted by Gasteiger charge is 2.34. The summed E-state index contributed by atoms with van der Waals surface area (Å²) in [6, 6.07) is 34.0. The van der Waals surface area contributed by atoms with Gasteiger partial charge in [-0.1, -0.05) is 60.1 Å². The minimum atomic E-state index is -4.54. The Balaban J connectivity index is 0.000000176. The van der Waals surface area contributed by atoms with E-state index >= 15 is 0 Å². The molecule has 4 aromatic carbocycles. The quantitative estimate of drug-likeness (QED) is 0.0428. The van der Waals surface area contributed by atoms with E-state index in [1.807, 2.05) is 23.6 Å². The number of nitrogens with one attached hydrogen (secondary N) is 1. The molecular weight excluding hydrogens is 1350 g/mol. The maximum Gasteiger partial charge on any atom is 0.416 e. The molecule has 0 saturated heterocycles. The lowest BCUT2D eigenvalue weighted by atomic mass is 10.1. The highest BCUT2D eigenvalue weighted by Crippen LogP contribution is 2.38. The fourth-order valence-corrected chi connectivity index (χ4v) is 8.91. The lowest BCUT2D eigenvalue weighted by molar-refractivity contribution is -0.384. The van der Waals surface area contributed by atoms with Crippen LogP contribution in [0.3, 0.4) is 0 Å². The van der Waals surface area contributed by atoms with Crippen LogP contribution >= 0.6 is 11.6 Å². The molecule has 0 fully saturated rings. The Morgan fingerprint density at radius 2 is 0.828 bits per heavy atom. The first-order chi connectivity index (χ1) is 46.5. The first-order valence-corrected chi connectivity index (χ1v) is 27.5. The van der Waals surface area contributed by atoms with Crippen LogP contribution in [0.1, 0.15) is 57.6 Å². The first kappa shape index (κ1) is 72.9. The average molecular weight is 1390 g/mol. The van der Waals surface area contributed by atoms with Gasteiger partial charge in [0.15, 0.2) is 17.1 Å². The van der Waals surface area contributed by atoms with Crippen molar-refractivity contribution in [2.75, 3.05) is 22.9 Å². The zero-order chi connectivity index (χ0) is 73.1. The molecule has 0 amide bonds. The van der Waals surface area contributed by atoms with Crippen molar-refractivity contribution in [3.05, 3.63) is 216 Å². The number of hydrogen-bond acceptors (Lipinski definition) is 20. The lowest BCUT2D eigenvalue weighted by Gasteiger charge is -2.10. The van der Waals surface area contributed by atoms with E-state index in [0.717, 1.165) is 60.7 Å². The number of fused-ring (bicyclic) bond motifs is 2. The molecule has 0 unspecified atom stereocenters. The molecule has 500 valence electrons. The topological polar surface area (TPSA) is 420 Å². The fraction of sp³-hybridized carbons (Fsp3) is 0.0968. The van der Waals surface area contributed by atoms with Crippen LogP contribution in [0.5, 0.6) is 0 Å². The molecule has 9 N–H and O–H groups in total. The van der Waals surface area contributed by atoms with Crippen LogP contribution in [0.25, 0.3) is 67.1 Å². The van der Waals surface area contributed by atoms with Crippen LogP contribution in [0.15, 0.2) is 140 Å². The van der Waals surface area contributed by atoms with Crippen LogP contribution in [-0.2, 0) is 31.2 Å². The van der Waals surface area contributed by atoms with Crippen molar-refractivity contribution in [3.8, 4) is 75.4 Å². The zero-order valence-electron chi connectivity index (χ0n) is 49.6. The second-order valence-electron chi connectivity index (χ2n) is 19.7. The summed E-state index contributed by atoms with van der Waals surface area (Å²) < 4.78 is 155. The molecular formula is C62H37ClF12N20O4. The largest absolute Gasteiger partial charge is 0.416 e. The Labute approximate surface area is 551 Å². The highest BCUT2D eigenvalue weighted by atomic mass is 35.5. The van der Waals surface area contributed by atoms with Crippen LogP contribution < -0.4 is 22.9 Å². The molecule has 99 heavy (non-hydrogen) atoms. The summed E-state index contributed by atoms with van der Waals surface area (Å²) in [4.78, 5) is 49.8. The van der Waals surface area contributed by atoms with Gasteiger partial charge in [-0.3, -0.25) is 20.2 Å². The monoisotopic (exact) mass is 1390 g/mol. The van der Waals surface area contributed by atoms with Crippen LogP contribution in [-0.4, -0.2) is 54.3 Å². The molecule has 0 aliphatic rings. The molecule has 0 saturated carbocycles. The van der Waals surface area contributed by atoms with Gasteiger partial charge in [-0.15, -0.1) is 0 Å². The van der Waals surface area contributed by atoms with Gasteiger partial charge < -0.3 is 32.5 Å². The number of halogens is 13. The zero-order valence-corrected chi connectivity index (χ0v) is 50.3. The fourth-order valence-electron chi connectivity index (χ4n) is 8.71. The number of rotatable bonds is 7. The standard InChI is InChI=1S/C16H11F3N4.C14H7F3N4.C13H7F3N4O2.C13H9F3N4.C6H3ClN4O2/c1-2-23-9-21-15-13(8-20)22-12(7-14(15)23)10-4-3-5-11(6-10)16(17,18)19;15-14(16,17)9-3-1-2-8(4-9)10-5-11-13(20-7-19-11)12(6-18)21-10;14-13(15,16)8-3-1-2-7(4-8)10-5-9(18)12(20(21)22)11(6-17)19-10;14-13(15,16)8-3-1-2-7(4-8)10-5-9(18)12(19)11(6-17)20-10;7-5-1-3(9)6(11(12)13)4(2-8)10-5/h3-7,9H,2H2,1H3;1-5,7H,(H,19,20);1-5H,(H2,18,19);1-5H,19H2,(H2,18,20);1H,(H2,9,10). The summed E-state index contributed by atoms with van der Waals surface area (Å²) >= 11 is 5.44. The van der Waals surface area contributed by atoms with E-state index in [-0.39, 0.29) is 84.5 Å². The van der Waals surface area contributed by atoms with E-state index in [0.29, 0.717) is 39.9 Å². The number of hydrogen-bond donors (Lipinski definition) is 5. The van der Waals surface area contributed by atoms with E-state index in [9.17, 15) is 78.2 Å². The number of pyridine rings is 5. The third-order valence-electron chi connectivity index (χ3n) is 13.3. The Morgan fingerprint density at radius 1 is 0.475 bits per heavy atom. The van der Waals surface area contributed by atoms with Gasteiger partial charge in [-0.05, 0) is 79.7 Å². The van der Waals surface area contributed by atoms with E-state index in [2.05, 4.69) is 39.9 Å². The number of nitriles is 5. The maximum atomic E-state index is 12.9. The van der Waals surface area contributed by atoms with Gasteiger partial charge in [-0.25, -0.2) is 34.9 Å². The molecule has 11 aromatic rings. The Kier molecular flexibility index (Phi) is 22.0. The number of alkyl halides is 12. The number of aromatic nitrogens is 9. The number of H-pyrrole nitrogens is 1. The summed E-state index contributed by atoms with van der Waals surface area (Å²) in [6.07, 6.45) is -14.9. The molecule has 37 heteroatoms. The normalized spacial score (nSPS) is 11.0. The van der Waals surface area contributed by atoms with Crippen molar-refractivity contribution in [1.82, 2.24) is 44.4 Å². The summed E-state index contributed by atoms with van der Waals surface area (Å²) in [5.41, 5.74) is 19.9. The van der Waals surface area contributed by atoms with E-state index in [4.69, 9.17) is 55.6 Å². The Bertz CT molecular complexity index is 5160. The predicted octanol–water partition coefficient (Wildman–Crippen LogP) is 14.6. The number of nitrogens with zero attached hydrogens (tertiary/aromatic N) is 15. The average Bonchev–Trinajstić information content (AvgIpc) is 1.74. The van der Waals surface area contributed by atoms with Gasteiger partial charge in [0.05, 0.1) is 89.9 Å². The van der Waals surface area contributed by atoms with Gasteiger partial charge in [-0.2, -0.15) is 79.0 Å². The second kappa shape index (κ2) is 29.8. The van der Waals surface area contributed by atoms with E-state index in [1.165, 1.54) is 67.0 Å². The minimum absolute atomic E-state index is 0.0169. The van der Waals surface area contributed by atoms with E-state index < -0.39 is 73.9 Å². The van der Waals surface area contributed by atoms with Gasteiger partial charge in [0.2, 0.25) is 11.4 Å². The van der Waals surface area contributed by atoms with Crippen LogP contribution in [0.2, 0.25) is 5.15 Å². The molecule has 0 spiro atoms. The van der Waals surface area contributed by atoms with Crippen molar-refractivity contribution >= 4 is 67.8 Å². The minimum Gasteiger partial charge on any atom is -0.397 e. The molecule has 0 bridgehead atoms. The number of aryl methyl sites for hydroxylation is 1. The third kappa shape index (κ3) is 17.4. The van der Waals surface area contributed by atoms with Crippen molar-refractivity contribution in [2.45, 2.75) is 38.2 Å². The summed E-state index contributed by atoms with van der Waals surface area (Å²) in [6.45, 7) is 2.55. The van der Waals surface area contributed by atoms with Gasteiger partial charge in [0, 0.05) is 34.9 Å². The van der Waals surface area contributed by atoms with Crippen molar-refractivity contribution in [1.29, 1.82) is 26.3 Å². The summed E-state index contributed by atoms with van der Waals surface area (Å²) in [5, 5.41) is 65.7. The molecule has 24 nitrogen and oxygen atoms in total. The van der Waals surface area contributed by atoms with Gasteiger partial charge in [0.25, 0.3) is 0 Å². The molecule has 0 aliphatic heterocycles. The molecule has 7 heterocycles. The molecule has 7 aromatic heterocycles. The predicted molar refractivity (Wildman–Crippen MR) is 331 cm³/mol. The number of benzene rings is 4. The number of imidazole rings is 2. The SMILES string of the molecule is CCn1cnc2c(C#N)nc(-c3cccc(C(F)(F)F)c3)cc21.N#Cc1nc(-c2cccc(C(F)(F)F)c2)cc(N)c1N.N#Cc1nc(-c2cccc(C(F)(F)F)c2)cc(N)c1[N+](=O)[O-].N#Cc1nc(-c2cccc(C(F)(F)F)c2)cc2[nH]cnc12.N#Cc1nc(Cl)cc(N)c1[N+](=O)[O-]. The second-order valence-corrected chi connectivity index (χ2v) is 20.1. The number of aromatic amines is 1. The van der Waals surface area contributed by atoms with Gasteiger partial charge >= 0.3 is 36.1 Å². The number of nitro groups is 2. The summed E-state index contributed by atoms with van der Waals surface area (Å²) in [7, 11) is 0. The molecule has 0 radical (unpaired) electrons. The number of nitrogen functional groups attached to an aromatic ring is 4. The van der Waals surface area contributed by atoms with Gasteiger partial charge in [0.1, 0.15) is 57.9 Å². The van der Waals surface area contributed by atoms with Crippen LogP contribution in [0.4, 0.5) is 86.8 Å². The number of anilines is 4. The molecule has 11 rings (SSSR count). The third-order valence-corrected chi connectivity index (χ3v) is 13.5. The van der Waals surface area contributed by atoms with E-state index in [1.54, 1.807) is 30.6 Å². The Morgan fingerprint density at radius 3 is 1.22 bits per heavy atom. The highest BCUT2D eigenvalue weighted by molar-refractivity contribution is 6.29. The molecule has 0 atom stereocenters. The number of nitrogens with two attached hydrogens (primary N) is 4. The maximum absolute atomic E-state index is 12.9. The smallest absolute Gasteiger partial charge is 0.397 e. The van der Waals surface area contributed by atoms with Crippen LogP contribution in [0, 0.1) is 76.9 Å².